The first-order valence-corrected chi connectivity index (χ1v) is 11.0. The average molecular weight is 418 g/mol. The Kier molecular flexibility index (Phi) is 7.14. The van der Waals surface area contributed by atoms with Gasteiger partial charge in [0.1, 0.15) is 0 Å². The smallest absolute Gasteiger partial charge is 0.332 e. The number of piperidine rings is 1. The molecule has 1 aliphatic rings. The Balaban J connectivity index is 2.14. The van der Waals surface area contributed by atoms with Crippen LogP contribution >= 0.6 is 0 Å². The van der Waals surface area contributed by atoms with Gasteiger partial charge in [0.05, 0.1) is 6.04 Å². The first-order chi connectivity index (χ1) is 12.9. The fourth-order valence-electron chi connectivity index (χ4n) is 3.37. The van der Waals surface area contributed by atoms with E-state index in [0.717, 1.165) is 17.2 Å². The summed E-state index contributed by atoms with van der Waals surface area (Å²) in [6.45, 7) is 1.84. The molecule has 28 heavy (non-hydrogen) atoms. The topological polar surface area (TPSA) is 66.5 Å². The summed E-state index contributed by atoms with van der Waals surface area (Å²) in [6, 6.07) is 7.56. The number of hydrogen-bond donors (Lipinski definition) is 1. The zero-order chi connectivity index (χ0) is 20.9. The molecule has 0 bridgehead atoms. The SMILES string of the molecule is C[C@@H](/C=C/S(C)(=O)=O)NC(=O)N1CC[C@H](CC(F)(F)F)C[C@@H]1c1ccccc1. The van der Waals surface area contributed by atoms with Crippen LogP contribution in [0.1, 0.15) is 37.8 Å². The van der Waals surface area contributed by atoms with E-state index in [-0.39, 0.29) is 19.4 Å². The van der Waals surface area contributed by atoms with Gasteiger partial charge in [-0.05, 0) is 31.2 Å². The molecule has 1 heterocycles. The van der Waals surface area contributed by atoms with Gasteiger partial charge in [0, 0.05) is 30.7 Å². The van der Waals surface area contributed by atoms with Crippen molar-refractivity contribution in [1.82, 2.24) is 10.2 Å². The molecule has 0 saturated carbocycles. The van der Waals surface area contributed by atoms with Gasteiger partial charge in [0.15, 0.2) is 9.84 Å². The van der Waals surface area contributed by atoms with E-state index in [2.05, 4.69) is 5.32 Å². The van der Waals surface area contributed by atoms with E-state index in [4.69, 9.17) is 0 Å². The van der Waals surface area contributed by atoms with Crippen molar-refractivity contribution in [2.24, 2.45) is 5.92 Å². The number of likely N-dealkylation sites (tertiary alicyclic amines) is 1. The molecular formula is C19H25F3N2O3S. The molecule has 1 aliphatic heterocycles. The molecule has 1 saturated heterocycles. The molecule has 2 rings (SSSR count). The Hall–Kier alpha value is -2.03. The summed E-state index contributed by atoms with van der Waals surface area (Å²) >= 11 is 0. The molecule has 156 valence electrons. The first kappa shape index (κ1) is 22.3. The molecule has 1 N–H and O–H groups in total. The lowest BCUT2D eigenvalue weighted by molar-refractivity contribution is -0.148. The quantitative estimate of drug-likeness (QED) is 0.785. The molecule has 1 fully saturated rings. The maximum Gasteiger partial charge on any atom is 0.389 e. The standard InChI is InChI=1S/C19H25F3N2O3S/c1-14(9-11-28(2,26)27)23-18(25)24-10-8-15(13-19(20,21)22)12-17(24)16-6-4-3-5-7-16/h3-7,9,11,14-15,17H,8,10,12-13H2,1-2H3,(H,23,25)/b11-9+/t14-,15-,17+/m0/s1. The zero-order valence-corrected chi connectivity index (χ0v) is 16.6. The van der Waals surface area contributed by atoms with E-state index in [1.807, 2.05) is 6.07 Å². The highest BCUT2D eigenvalue weighted by molar-refractivity contribution is 7.93. The Bertz CT molecular complexity index is 794. The monoisotopic (exact) mass is 418 g/mol. The second-order valence-electron chi connectivity index (χ2n) is 7.23. The van der Waals surface area contributed by atoms with Crippen molar-refractivity contribution in [3.8, 4) is 0 Å². The van der Waals surface area contributed by atoms with E-state index in [1.165, 1.54) is 11.0 Å². The minimum Gasteiger partial charge on any atom is -0.332 e. The molecule has 9 heteroatoms. The van der Waals surface area contributed by atoms with E-state index in [0.29, 0.717) is 0 Å². The van der Waals surface area contributed by atoms with Gasteiger partial charge < -0.3 is 10.2 Å². The van der Waals surface area contributed by atoms with Crippen LogP contribution in [0.3, 0.4) is 0 Å². The number of carbonyl (C=O) groups excluding carboxylic acids is 1. The molecule has 2 amide bonds. The molecule has 0 aromatic heterocycles. The predicted molar refractivity (Wildman–Crippen MR) is 101 cm³/mol. The van der Waals surface area contributed by atoms with E-state index < -0.39 is 46.5 Å². The van der Waals surface area contributed by atoms with E-state index >= 15 is 0 Å². The minimum atomic E-state index is -4.23. The van der Waals surface area contributed by atoms with Crippen molar-refractivity contribution in [3.63, 3.8) is 0 Å². The van der Waals surface area contributed by atoms with Crippen LogP contribution in [0.5, 0.6) is 0 Å². The number of alkyl halides is 3. The third kappa shape index (κ3) is 7.18. The fraction of sp³-hybridized carbons (Fsp3) is 0.526. The van der Waals surface area contributed by atoms with Crippen molar-refractivity contribution < 1.29 is 26.4 Å². The minimum absolute atomic E-state index is 0.203. The van der Waals surface area contributed by atoms with Crippen LogP contribution in [0.2, 0.25) is 0 Å². The fourth-order valence-corrected chi connectivity index (χ4v) is 3.89. The number of carbonyl (C=O) groups is 1. The normalized spacial score (nSPS) is 22.2. The molecule has 0 aliphatic carbocycles. The van der Waals surface area contributed by atoms with E-state index in [1.54, 1.807) is 31.2 Å². The molecule has 0 spiro atoms. The summed E-state index contributed by atoms with van der Waals surface area (Å²) in [7, 11) is -3.31. The maximum absolute atomic E-state index is 12.8. The van der Waals surface area contributed by atoms with Crippen molar-refractivity contribution >= 4 is 15.9 Å². The Labute approximate surface area is 163 Å². The lowest BCUT2D eigenvalue weighted by Gasteiger charge is -2.40. The highest BCUT2D eigenvalue weighted by Gasteiger charge is 2.38. The lowest BCUT2D eigenvalue weighted by Crippen LogP contribution is -2.48. The Morgan fingerprint density at radius 2 is 1.96 bits per heavy atom. The average Bonchev–Trinajstić information content (AvgIpc) is 2.58. The summed E-state index contributed by atoms with van der Waals surface area (Å²) in [5, 5.41) is 3.71. The number of urea groups is 1. The summed E-state index contributed by atoms with van der Waals surface area (Å²) in [6.07, 6.45) is -2.19. The van der Waals surface area contributed by atoms with Crippen molar-refractivity contribution in [1.29, 1.82) is 0 Å². The predicted octanol–water partition coefficient (Wildman–Crippen LogP) is 4.05. The molecule has 0 radical (unpaired) electrons. The van der Waals surface area contributed by atoms with E-state index in [9.17, 15) is 26.4 Å². The third-order valence-electron chi connectivity index (χ3n) is 4.64. The van der Waals surface area contributed by atoms with Crippen LogP contribution < -0.4 is 5.32 Å². The Morgan fingerprint density at radius 1 is 1.32 bits per heavy atom. The third-order valence-corrected chi connectivity index (χ3v) is 5.29. The highest BCUT2D eigenvalue weighted by Crippen LogP contribution is 2.39. The van der Waals surface area contributed by atoms with Gasteiger partial charge in [0.25, 0.3) is 0 Å². The number of amides is 2. The van der Waals surface area contributed by atoms with Crippen molar-refractivity contribution in [3.05, 3.63) is 47.4 Å². The number of nitrogens with one attached hydrogen (secondary N) is 1. The number of nitrogens with zero attached hydrogens (tertiary/aromatic N) is 1. The van der Waals surface area contributed by atoms with Gasteiger partial charge in [-0.15, -0.1) is 0 Å². The van der Waals surface area contributed by atoms with Crippen LogP contribution in [0.25, 0.3) is 0 Å². The van der Waals surface area contributed by atoms with Crippen molar-refractivity contribution in [2.75, 3.05) is 12.8 Å². The van der Waals surface area contributed by atoms with Gasteiger partial charge in [0.2, 0.25) is 0 Å². The van der Waals surface area contributed by atoms with Gasteiger partial charge in [-0.3, -0.25) is 0 Å². The second-order valence-corrected chi connectivity index (χ2v) is 9.16. The molecule has 1 aromatic carbocycles. The van der Waals surface area contributed by atoms with Crippen LogP contribution in [-0.4, -0.2) is 44.4 Å². The number of halogens is 3. The highest BCUT2D eigenvalue weighted by atomic mass is 32.2. The largest absolute Gasteiger partial charge is 0.389 e. The zero-order valence-electron chi connectivity index (χ0n) is 15.8. The summed E-state index contributed by atoms with van der Waals surface area (Å²) in [5.74, 6) is -0.545. The van der Waals surface area contributed by atoms with Gasteiger partial charge >= 0.3 is 12.2 Å². The molecule has 3 atom stereocenters. The maximum atomic E-state index is 12.8. The molecule has 0 unspecified atom stereocenters. The number of sulfone groups is 1. The van der Waals surface area contributed by atoms with Crippen molar-refractivity contribution in [2.45, 2.75) is 44.4 Å². The molecular weight excluding hydrogens is 393 g/mol. The molecule has 5 nitrogen and oxygen atoms in total. The summed E-state index contributed by atoms with van der Waals surface area (Å²) in [4.78, 5) is 14.3. The number of hydrogen-bond acceptors (Lipinski definition) is 3. The second kappa shape index (κ2) is 8.98. The van der Waals surface area contributed by atoms with Gasteiger partial charge in [-0.25, -0.2) is 13.2 Å². The van der Waals surface area contributed by atoms with Crippen LogP contribution in [0.15, 0.2) is 41.8 Å². The number of benzene rings is 1. The van der Waals surface area contributed by atoms with Gasteiger partial charge in [-0.1, -0.05) is 36.4 Å². The van der Waals surface area contributed by atoms with Crippen LogP contribution in [0, 0.1) is 5.92 Å². The Morgan fingerprint density at radius 3 is 2.54 bits per heavy atom. The summed E-state index contributed by atoms with van der Waals surface area (Å²) < 4.78 is 60.9. The number of rotatable bonds is 5. The first-order valence-electron chi connectivity index (χ1n) is 9.01. The van der Waals surface area contributed by atoms with Crippen LogP contribution in [0.4, 0.5) is 18.0 Å². The van der Waals surface area contributed by atoms with Crippen LogP contribution in [-0.2, 0) is 9.84 Å². The molecule has 1 aromatic rings. The van der Waals surface area contributed by atoms with Gasteiger partial charge in [-0.2, -0.15) is 13.2 Å². The lowest BCUT2D eigenvalue weighted by atomic mass is 9.85. The summed E-state index contributed by atoms with van der Waals surface area (Å²) in [5.41, 5.74) is 0.781.